The highest BCUT2D eigenvalue weighted by Gasteiger charge is 2.16. The maximum Gasteiger partial charge on any atom is 0.329 e. The average Bonchev–Trinajstić information content (AvgIpc) is 3.33. The summed E-state index contributed by atoms with van der Waals surface area (Å²) in [7, 11) is 1.53. The zero-order chi connectivity index (χ0) is 20.4. The fraction of sp³-hybridized carbons (Fsp3) is 0.526. The van der Waals surface area contributed by atoms with Crippen LogP contribution in [0.15, 0.2) is 15.7 Å². The second-order valence-electron chi connectivity index (χ2n) is 7.74. The van der Waals surface area contributed by atoms with Crippen LogP contribution in [0.4, 0.5) is 5.82 Å². The maximum absolute atomic E-state index is 12.3. The number of nitrogens with one attached hydrogen (secondary N) is 4. The summed E-state index contributed by atoms with van der Waals surface area (Å²) >= 11 is 0. The van der Waals surface area contributed by atoms with E-state index in [4.69, 9.17) is 0 Å². The van der Waals surface area contributed by atoms with Crippen molar-refractivity contribution in [2.75, 3.05) is 5.32 Å². The number of imidazole rings is 1. The lowest BCUT2D eigenvalue weighted by Gasteiger charge is -2.20. The first-order valence-corrected chi connectivity index (χ1v) is 10.0. The van der Waals surface area contributed by atoms with E-state index in [9.17, 15) is 14.4 Å². The van der Waals surface area contributed by atoms with Crippen molar-refractivity contribution in [1.29, 1.82) is 0 Å². The van der Waals surface area contributed by atoms with Gasteiger partial charge < -0.3 is 10.3 Å². The molecule has 0 aromatic carbocycles. The Kier molecular flexibility index (Phi) is 5.32. The topological polar surface area (TPSA) is 141 Å². The molecule has 3 aromatic rings. The summed E-state index contributed by atoms with van der Waals surface area (Å²) in [6.07, 6.45) is 7.89. The van der Waals surface area contributed by atoms with Gasteiger partial charge in [-0.1, -0.05) is 32.1 Å². The number of nitrogens with zero attached hydrogens (tertiary/aromatic N) is 3. The summed E-state index contributed by atoms with van der Waals surface area (Å²) in [5.41, 5.74) is 0.495. The third-order valence-electron chi connectivity index (χ3n) is 5.52. The minimum Gasteiger partial charge on any atom is -0.336 e. The van der Waals surface area contributed by atoms with Gasteiger partial charge in [-0.15, -0.1) is 0 Å². The van der Waals surface area contributed by atoms with Crippen molar-refractivity contribution in [2.45, 2.75) is 51.4 Å². The van der Waals surface area contributed by atoms with Crippen LogP contribution in [0.1, 0.15) is 50.0 Å². The van der Waals surface area contributed by atoms with Crippen LogP contribution in [0.3, 0.4) is 0 Å². The normalized spacial score (nSPS) is 15.1. The lowest BCUT2D eigenvalue weighted by molar-refractivity contribution is -0.116. The smallest absolute Gasteiger partial charge is 0.329 e. The Hall–Kier alpha value is -3.17. The Morgan fingerprint density at radius 1 is 1.24 bits per heavy atom. The van der Waals surface area contributed by atoms with Gasteiger partial charge in [0.15, 0.2) is 11.5 Å². The Bertz CT molecular complexity index is 1130. The number of aryl methyl sites for hydroxylation is 2. The molecule has 3 aromatic heterocycles. The number of aromatic nitrogens is 6. The molecule has 1 aliphatic rings. The van der Waals surface area contributed by atoms with Gasteiger partial charge in [0.2, 0.25) is 5.91 Å². The quantitative estimate of drug-likeness (QED) is 0.495. The van der Waals surface area contributed by atoms with Crippen LogP contribution in [0, 0.1) is 5.92 Å². The Labute approximate surface area is 166 Å². The van der Waals surface area contributed by atoms with Gasteiger partial charge in [0.25, 0.3) is 5.56 Å². The lowest BCUT2D eigenvalue weighted by atomic mass is 9.86. The van der Waals surface area contributed by atoms with E-state index in [1.165, 1.54) is 43.7 Å². The van der Waals surface area contributed by atoms with Crippen molar-refractivity contribution in [2.24, 2.45) is 13.0 Å². The van der Waals surface area contributed by atoms with Crippen molar-refractivity contribution in [1.82, 2.24) is 29.7 Å². The first-order valence-electron chi connectivity index (χ1n) is 10.0. The monoisotopic (exact) mass is 399 g/mol. The number of H-pyrrole nitrogens is 3. The van der Waals surface area contributed by atoms with Crippen LogP contribution in [0.25, 0.3) is 11.2 Å². The summed E-state index contributed by atoms with van der Waals surface area (Å²) in [4.78, 5) is 45.1. The van der Waals surface area contributed by atoms with E-state index < -0.39 is 11.2 Å². The van der Waals surface area contributed by atoms with Crippen LogP contribution in [0.2, 0.25) is 0 Å². The summed E-state index contributed by atoms with van der Waals surface area (Å²) < 4.78 is 1.26. The summed E-state index contributed by atoms with van der Waals surface area (Å²) in [5.74, 6) is 1.50. The minimum absolute atomic E-state index is 0.177. The van der Waals surface area contributed by atoms with Gasteiger partial charge in [0, 0.05) is 31.6 Å². The second-order valence-corrected chi connectivity index (χ2v) is 7.74. The van der Waals surface area contributed by atoms with Crippen molar-refractivity contribution in [3.8, 4) is 0 Å². The van der Waals surface area contributed by atoms with Gasteiger partial charge in [-0.05, 0) is 12.3 Å². The SMILES string of the molecule is Cn1c(=O)[nH]c(=O)c2[nH]c(CCC(=O)Nc3cc(CC4CCCCC4)[nH]n3)nc21. The summed E-state index contributed by atoms with van der Waals surface area (Å²) in [6.45, 7) is 0. The molecule has 0 bridgehead atoms. The van der Waals surface area contributed by atoms with Gasteiger partial charge in [0.1, 0.15) is 11.3 Å². The van der Waals surface area contributed by atoms with Gasteiger partial charge in [-0.2, -0.15) is 5.10 Å². The molecule has 0 unspecified atom stereocenters. The molecule has 1 amide bonds. The van der Waals surface area contributed by atoms with Crippen LogP contribution < -0.4 is 16.6 Å². The fourth-order valence-electron chi connectivity index (χ4n) is 3.94. The molecule has 29 heavy (non-hydrogen) atoms. The first kappa shape index (κ1) is 19.2. The van der Waals surface area contributed by atoms with Crippen LogP contribution in [0.5, 0.6) is 0 Å². The molecule has 4 N–H and O–H groups in total. The number of carbonyl (C=O) groups is 1. The molecular formula is C19H25N7O3. The molecule has 1 saturated carbocycles. The molecule has 10 nitrogen and oxygen atoms in total. The standard InChI is InChI=1S/C19H25N7O3/c1-26-17-16(18(28)23-19(26)29)21-13(22-17)7-8-15(27)20-14-10-12(24-25-14)9-11-5-3-2-4-6-11/h10-11H,2-9H2,1H3,(H,21,22)(H,23,28,29)(H2,20,24,25,27). The number of fused-ring (bicyclic) bond motifs is 1. The Morgan fingerprint density at radius 2 is 2.03 bits per heavy atom. The average molecular weight is 399 g/mol. The van der Waals surface area contributed by atoms with Crippen LogP contribution in [-0.2, 0) is 24.7 Å². The van der Waals surface area contributed by atoms with E-state index in [0.717, 1.165) is 12.1 Å². The maximum atomic E-state index is 12.3. The van der Waals surface area contributed by atoms with E-state index in [1.807, 2.05) is 6.07 Å². The largest absolute Gasteiger partial charge is 0.336 e. The molecule has 0 aliphatic heterocycles. The van der Waals surface area contributed by atoms with Gasteiger partial charge in [-0.3, -0.25) is 24.2 Å². The summed E-state index contributed by atoms with van der Waals surface area (Å²) in [5, 5.41) is 9.98. The fourth-order valence-corrected chi connectivity index (χ4v) is 3.94. The molecule has 3 heterocycles. The number of aromatic amines is 3. The molecule has 1 aliphatic carbocycles. The van der Waals surface area contributed by atoms with E-state index in [-0.39, 0.29) is 23.5 Å². The van der Waals surface area contributed by atoms with Crippen LogP contribution >= 0.6 is 0 Å². The molecular weight excluding hydrogens is 374 g/mol. The van der Waals surface area contributed by atoms with Gasteiger partial charge >= 0.3 is 5.69 Å². The van der Waals surface area contributed by atoms with E-state index in [2.05, 4.69) is 30.5 Å². The number of carbonyl (C=O) groups excluding carboxylic acids is 1. The number of hydrogen-bond donors (Lipinski definition) is 4. The molecule has 154 valence electrons. The Morgan fingerprint density at radius 3 is 2.83 bits per heavy atom. The number of anilines is 1. The molecule has 1 fully saturated rings. The molecule has 4 rings (SSSR count). The van der Waals surface area contributed by atoms with Crippen molar-refractivity contribution in [3.05, 3.63) is 38.4 Å². The van der Waals surface area contributed by atoms with Crippen LogP contribution in [-0.4, -0.2) is 35.6 Å². The molecule has 0 saturated heterocycles. The van der Waals surface area contributed by atoms with Crippen molar-refractivity contribution < 1.29 is 4.79 Å². The Balaban J connectivity index is 1.34. The molecule has 0 atom stereocenters. The predicted octanol–water partition coefficient (Wildman–Crippen LogP) is 1.37. The second kappa shape index (κ2) is 8.06. The van der Waals surface area contributed by atoms with E-state index in [0.29, 0.717) is 24.0 Å². The number of amides is 1. The lowest BCUT2D eigenvalue weighted by Crippen LogP contribution is -2.28. The highest BCUT2D eigenvalue weighted by molar-refractivity contribution is 5.89. The minimum atomic E-state index is -0.527. The first-order chi connectivity index (χ1) is 14.0. The van der Waals surface area contributed by atoms with E-state index >= 15 is 0 Å². The predicted molar refractivity (Wildman–Crippen MR) is 108 cm³/mol. The van der Waals surface area contributed by atoms with Crippen molar-refractivity contribution >= 4 is 22.9 Å². The van der Waals surface area contributed by atoms with Gasteiger partial charge in [0.05, 0.1) is 0 Å². The third kappa shape index (κ3) is 4.30. The number of hydrogen-bond acceptors (Lipinski definition) is 5. The van der Waals surface area contributed by atoms with Gasteiger partial charge in [-0.25, -0.2) is 9.78 Å². The zero-order valence-electron chi connectivity index (χ0n) is 16.4. The molecule has 0 radical (unpaired) electrons. The van der Waals surface area contributed by atoms with E-state index in [1.54, 1.807) is 0 Å². The zero-order valence-corrected chi connectivity index (χ0v) is 16.4. The number of rotatable bonds is 6. The third-order valence-corrected chi connectivity index (χ3v) is 5.52. The van der Waals surface area contributed by atoms with Crippen molar-refractivity contribution in [3.63, 3.8) is 0 Å². The molecule has 10 heteroatoms. The molecule has 0 spiro atoms. The highest BCUT2D eigenvalue weighted by atomic mass is 16.2. The highest BCUT2D eigenvalue weighted by Crippen LogP contribution is 2.26. The summed E-state index contributed by atoms with van der Waals surface area (Å²) in [6, 6.07) is 1.89.